The van der Waals surface area contributed by atoms with Crippen molar-refractivity contribution in [1.29, 1.82) is 0 Å². The number of thioether (sulfide) groups is 1. The van der Waals surface area contributed by atoms with Gasteiger partial charge in [0.15, 0.2) is 0 Å². The first-order chi connectivity index (χ1) is 6.31. The van der Waals surface area contributed by atoms with Crippen LogP contribution in [-0.2, 0) is 5.75 Å². The molecule has 0 fully saturated rings. The molecule has 0 atom stereocenters. The lowest BCUT2D eigenvalue weighted by Crippen LogP contribution is -1.75. The maximum atomic E-state index is 9.53. The van der Waals surface area contributed by atoms with E-state index in [-0.39, 0.29) is 0 Å². The first-order valence-electron chi connectivity index (χ1n) is 4.10. The molecule has 0 unspecified atom stereocenters. The van der Waals surface area contributed by atoms with E-state index in [2.05, 4.69) is 11.2 Å². The Morgan fingerprint density at radius 2 is 2.31 bits per heavy atom. The number of fused-ring (bicyclic) bond motifs is 1. The topological polar surface area (TPSA) is 36.0 Å². The Hall–Kier alpha value is -1.09. The van der Waals surface area contributed by atoms with Gasteiger partial charge < -0.3 is 10.1 Å². The molecule has 68 valence electrons. The molecule has 1 heterocycles. The minimum atomic E-state index is 0.348. The number of rotatable bonds is 2. The predicted octanol–water partition coefficient (Wildman–Crippen LogP) is 2.74. The maximum Gasteiger partial charge on any atom is 0.124 e. The van der Waals surface area contributed by atoms with Crippen LogP contribution in [0.25, 0.3) is 10.9 Å². The summed E-state index contributed by atoms with van der Waals surface area (Å²) in [5.74, 6) is 1.30. The van der Waals surface area contributed by atoms with Crippen molar-refractivity contribution in [3.8, 4) is 5.75 Å². The maximum absolute atomic E-state index is 9.53. The van der Waals surface area contributed by atoms with Gasteiger partial charge in [0.1, 0.15) is 5.75 Å². The highest BCUT2D eigenvalue weighted by atomic mass is 32.2. The highest BCUT2D eigenvalue weighted by Crippen LogP contribution is 2.25. The summed E-state index contributed by atoms with van der Waals surface area (Å²) in [6.45, 7) is 0. The Bertz CT molecular complexity index is 422. The highest BCUT2D eigenvalue weighted by Gasteiger charge is 2.02. The number of benzene rings is 1. The van der Waals surface area contributed by atoms with Gasteiger partial charge in [-0.15, -0.1) is 0 Å². The van der Waals surface area contributed by atoms with Gasteiger partial charge in [-0.2, -0.15) is 11.8 Å². The van der Waals surface area contributed by atoms with Crippen LogP contribution in [0.4, 0.5) is 0 Å². The zero-order valence-corrected chi connectivity index (χ0v) is 8.19. The van der Waals surface area contributed by atoms with Gasteiger partial charge in [0.2, 0.25) is 0 Å². The number of aromatic amines is 1. The summed E-state index contributed by atoms with van der Waals surface area (Å²) in [5.41, 5.74) is 2.16. The van der Waals surface area contributed by atoms with Crippen LogP contribution < -0.4 is 0 Å². The second-order valence-corrected chi connectivity index (χ2v) is 3.83. The lowest BCUT2D eigenvalue weighted by molar-refractivity contribution is 0.481. The van der Waals surface area contributed by atoms with Crippen LogP contribution in [0.15, 0.2) is 24.3 Å². The van der Waals surface area contributed by atoms with Gasteiger partial charge in [0.05, 0.1) is 0 Å². The number of aromatic nitrogens is 1. The third kappa shape index (κ3) is 1.52. The highest BCUT2D eigenvalue weighted by molar-refractivity contribution is 7.97. The Labute approximate surface area is 81.0 Å². The van der Waals surface area contributed by atoms with Crippen molar-refractivity contribution in [3.63, 3.8) is 0 Å². The molecule has 2 N–H and O–H groups in total. The summed E-state index contributed by atoms with van der Waals surface area (Å²) in [5, 5.41) is 10.4. The molecule has 13 heavy (non-hydrogen) atoms. The second kappa shape index (κ2) is 3.34. The molecule has 1 aromatic heterocycles. The van der Waals surface area contributed by atoms with Crippen molar-refractivity contribution in [2.24, 2.45) is 0 Å². The van der Waals surface area contributed by atoms with Crippen molar-refractivity contribution < 1.29 is 5.11 Å². The van der Waals surface area contributed by atoms with E-state index in [1.165, 1.54) is 0 Å². The molecule has 2 nitrogen and oxygen atoms in total. The Morgan fingerprint density at radius 3 is 3.00 bits per heavy atom. The van der Waals surface area contributed by atoms with Crippen LogP contribution in [0.1, 0.15) is 5.69 Å². The number of nitrogens with one attached hydrogen (secondary N) is 1. The zero-order valence-electron chi connectivity index (χ0n) is 7.37. The Balaban J connectivity index is 2.55. The molecule has 0 aliphatic heterocycles. The largest absolute Gasteiger partial charge is 0.507 e. The number of phenols is 1. The summed E-state index contributed by atoms with van der Waals surface area (Å²) in [6.07, 6.45) is 2.06. The molecule has 0 saturated carbocycles. The molecule has 3 heteroatoms. The number of hydrogen-bond donors (Lipinski definition) is 2. The molecule has 0 bridgehead atoms. The van der Waals surface area contributed by atoms with Gasteiger partial charge in [-0.25, -0.2) is 0 Å². The van der Waals surface area contributed by atoms with Crippen LogP contribution in [0.2, 0.25) is 0 Å². The van der Waals surface area contributed by atoms with Gasteiger partial charge in [-0.3, -0.25) is 0 Å². The fourth-order valence-electron chi connectivity index (χ4n) is 1.43. The van der Waals surface area contributed by atoms with E-state index >= 15 is 0 Å². The van der Waals surface area contributed by atoms with Crippen molar-refractivity contribution in [3.05, 3.63) is 30.0 Å². The second-order valence-electron chi connectivity index (χ2n) is 2.97. The van der Waals surface area contributed by atoms with Gasteiger partial charge in [-0.05, 0) is 24.5 Å². The van der Waals surface area contributed by atoms with E-state index in [0.717, 1.165) is 22.3 Å². The summed E-state index contributed by atoms with van der Waals surface area (Å²) in [6, 6.07) is 7.52. The summed E-state index contributed by atoms with van der Waals surface area (Å²) in [7, 11) is 0. The van der Waals surface area contributed by atoms with Crippen molar-refractivity contribution >= 4 is 22.7 Å². The fraction of sp³-hybridized carbons (Fsp3) is 0.200. The standard InChI is InChI=1S/C10H11NOS/c1-13-6-7-5-8-9(11-7)3-2-4-10(8)12/h2-5,11-12H,6H2,1H3. The first kappa shape index (κ1) is 8.51. The molecule has 0 aliphatic carbocycles. The van der Waals surface area contributed by atoms with E-state index in [4.69, 9.17) is 0 Å². The zero-order chi connectivity index (χ0) is 9.26. The van der Waals surface area contributed by atoms with Crippen LogP contribution in [0, 0.1) is 0 Å². The first-order valence-corrected chi connectivity index (χ1v) is 5.49. The van der Waals surface area contributed by atoms with E-state index in [9.17, 15) is 5.11 Å². The average Bonchev–Trinajstić information content (AvgIpc) is 2.49. The van der Waals surface area contributed by atoms with Crippen molar-refractivity contribution in [2.45, 2.75) is 5.75 Å². The molecule has 0 aliphatic rings. The minimum absolute atomic E-state index is 0.348. The van der Waals surface area contributed by atoms with Crippen molar-refractivity contribution in [1.82, 2.24) is 4.98 Å². The molecule has 1 aromatic carbocycles. The van der Waals surface area contributed by atoms with Crippen LogP contribution >= 0.6 is 11.8 Å². The third-order valence-electron chi connectivity index (χ3n) is 2.00. The minimum Gasteiger partial charge on any atom is -0.507 e. The van der Waals surface area contributed by atoms with Gasteiger partial charge in [0.25, 0.3) is 0 Å². The average molecular weight is 193 g/mol. The molecule has 2 aromatic rings. The summed E-state index contributed by atoms with van der Waals surface area (Å²) in [4.78, 5) is 3.26. The molecule has 0 saturated heterocycles. The predicted molar refractivity (Wildman–Crippen MR) is 57.2 cm³/mol. The van der Waals surface area contributed by atoms with Crippen LogP contribution in [0.5, 0.6) is 5.75 Å². The lowest BCUT2D eigenvalue weighted by atomic mass is 10.2. The van der Waals surface area contributed by atoms with E-state index in [1.54, 1.807) is 17.8 Å². The van der Waals surface area contributed by atoms with Gasteiger partial charge >= 0.3 is 0 Å². The molecule has 2 rings (SSSR count). The molecular weight excluding hydrogens is 182 g/mol. The fourth-order valence-corrected chi connectivity index (χ4v) is 1.90. The smallest absolute Gasteiger partial charge is 0.124 e. The third-order valence-corrected chi connectivity index (χ3v) is 2.60. The van der Waals surface area contributed by atoms with E-state index < -0.39 is 0 Å². The number of hydrogen-bond acceptors (Lipinski definition) is 2. The van der Waals surface area contributed by atoms with Crippen LogP contribution in [0.3, 0.4) is 0 Å². The number of phenolic OH excluding ortho intramolecular Hbond substituents is 1. The summed E-state index contributed by atoms with van der Waals surface area (Å²) >= 11 is 1.76. The molecule has 0 spiro atoms. The monoisotopic (exact) mass is 193 g/mol. The Morgan fingerprint density at radius 1 is 1.46 bits per heavy atom. The van der Waals surface area contributed by atoms with Gasteiger partial charge in [0, 0.05) is 22.3 Å². The molecule has 0 radical (unpaired) electrons. The van der Waals surface area contributed by atoms with E-state index in [0.29, 0.717) is 5.75 Å². The quantitative estimate of drug-likeness (QED) is 0.769. The lowest BCUT2D eigenvalue weighted by Gasteiger charge is -1.91. The van der Waals surface area contributed by atoms with Crippen LogP contribution in [-0.4, -0.2) is 16.3 Å². The molecule has 0 amide bonds. The van der Waals surface area contributed by atoms with Gasteiger partial charge in [-0.1, -0.05) is 6.07 Å². The number of aromatic hydroxyl groups is 1. The summed E-state index contributed by atoms with van der Waals surface area (Å²) < 4.78 is 0. The number of H-pyrrole nitrogens is 1. The SMILES string of the molecule is CSCc1cc2c(O)cccc2[nH]1. The van der Waals surface area contributed by atoms with Crippen molar-refractivity contribution in [2.75, 3.05) is 6.26 Å². The Kier molecular flexibility index (Phi) is 2.19. The van der Waals surface area contributed by atoms with E-state index in [1.807, 2.05) is 18.2 Å². The molecular formula is C10H11NOS. The normalized spacial score (nSPS) is 10.8.